The van der Waals surface area contributed by atoms with Gasteiger partial charge >= 0.3 is 0 Å². The van der Waals surface area contributed by atoms with Crippen LogP contribution in [-0.2, 0) is 27.1 Å². The van der Waals surface area contributed by atoms with Crippen molar-refractivity contribution in [3.8, 4) is 0 Å². The van der Waals surface area contributed by atoms with Crippen molar-refractivity contribution in [1.29, 1.82) is 0 Å². The summed E-state index contributed by atoms with van der Waals surface area (Å²) >= 11 is 1.30. The first-order valence-corrected chi connectivity index (χ1v) is 14.4. The molecule has 5 rings (SSSR count). The monoisotopic (exact) mass is 521 g/mol. The number of imidazole rings is 1. The highest BCUT2D eigenvalue weighted by Crippen LogP contribution is 2.32. The Morgan fingerprint density at radius 1 is 1.17 bits per heavy atom. The average molecular weight is 522 g/mol. The van der Waals surface area contributed by atoms with Gasteiger partial charge < -0.3 is 9.30 Å². The van der Waals surface area contributed by atoms with Gasteiger partial charge in [-0.25, -0.2) is 22.2 Å². The van der Waals surface area contributed by atoms with Crippen molar-refractivity contribution in [2.45, 2.75) is 61.1 Å². The second kappa shape index (κ2) is 10.2. The molecule has 2 atom stereocenters. The van der Waals surface area contributed by atoms with E-state index in [0.29, 0.717) is 42.8 Å². The average Bonchev–Trinajstić information content (AvgIpc) is 3.48. The number of thioether (sulfide) groups is 1. The quantitative estimate of drug-likeness (QED) is 0.400. The third-order valence-electron chi connectivity index (χ3n) is 6.74. The molecule has 2 unspecified atom stereocenters. The molecule has 1 aromatic heterocycles. The molecule has 2 fully saturated rings. The van der Waals surface area contributed by atoms with E-state index in [9.17, 15) is 17.2 Å². The van der Waals surface area contributed by atoms with E-state index in [0.717, 1.165) is 37.3 Å². The van der Waals surface area contributed by atoms with E-state index < -0.39 is 21.7 Å². The summed E-state index contributed by atoms with van der Waals surface area (Å²) in [6.07, 6.45) is 3.85. The van der Waals surface area contributed by atoms with E-state index >= 15 is 0 Å². The van der Waals surface area contributed by atoms with Crippen LogP contribution in [0.4, 0.5) is 8.78 Å². The number of hydrogen-bond acceptors (Lipinski definition) is 5. The highest BCUT2D eigenvalue weighted by molar-refractivity contribution is 7.98. The Bertz CT molecular complexity index is 1320. The summed E-state index contributed by atoms with van der Waals surface area (Å²) in [5.41, 5.74) is 1.62. The third kappa shape index (κ3) is 5.12. The molecule has 188 valence electrons. The molecule has 2 saturated heterocycles. The van der Waals surface area contributed by atoms with Gasteiger partial charge in [-0.1, -0.05) is 30.8 Å². The molecule has 2 aliphatic heterocycles. The molecular formula is C25H29F2N3O3S2. The molecule has 0 saturated carbocycles. The van der Waals surface area contributed by atoms with Crippen molar-refractivity contribution in [2.75, 3.05) is 19.7 Å². The maximum Gasteiger partial charge on any atom is 0.243 e. The minimum absolute atomic E-state index is 0.0379. The number of aromatic nitrogens is 2. The Morgan fingerprint density at radius 3 is 2.80 bits per heavy atom. The van der Waals surface area contributed by atoms with Crippen LogP contribution in [0.15, 0.2) is 46.5 Å². The Morgan fingerprint density at radius 2 is 2.03 bits per heavy atom. The maximum absolute atomic E-state index is 14.2. The number of hydrogen-bond donors (Lipinski definition) is 0. The number of sulfonamides is 1. The smallest absolute Gasteiger partial charge is 0.243 e. The Balaban J connectivity index is 1.48. The Labute approximate surface area is 208 Å². The first kappa shape index (κ1) is 24.7. The summed E-state index contributed by atoms with van der Waals surface area (Å²) in [6, 6.07) is 9.21. The van der Waals surface area contributed by atoms with Crippen molar-refractivity contribution in [3.05, 3.63) is 53.6 Å². The Kier molecular flexibility index (Phi) is 7.16. The van der Waals surface area contributed by atoms with E-state index in [-0.39, 0.29) is 22.3 Å². The number of fused-ring (bicyclic) bond motifs is 1. The zero-order chi connectivity index (χ0) is 24.6. The van der Waals surface area contributed by atoms with E-state index in [1.54, 1.807) is 28.6 Å². The number of benzene rings is 2. The van der Waals surface area contributed by atoms with Crippen LogP contribution in [0.2, 0.25) is 0 Å². The molecule has 6 nitrogen and oxygen atoms in total. The lowest BCUT2D eigenvalue weighted by atomic mass is 10.0. The largest absolute Gasteiger partial charge is 0.376 e. The van der Waals surface area contributed by atoms with Gasteiger partial charge in [0.05, 0.1) is 28.6 Å². The van der Waals surface area contributed by atoms with Gasteiger partial charge in [0.15, 0.2) is 16.8 Å². The van der Waals surface area contributed by atoms with E-state index in [1.807, 2.05) is 4.57 Å². The van der Waals surface area contributed by atoms with Crippen LogP contribution in [0.3, 0.4) is 0 Å². The van der Waals surface area contributed by atoms with Crippen molar-refractivity contribution < 1.29 is 21.9 Å². The second-order valence-corrected chi connectivity index (χ2v) is 12.3. The molecule has 0 N–H and O–H groups in total. The topological polar surface area (TPSA) is 64.4 Å². The summed E-state index contributed by atoms with van der Waals surface area (Å²) in [7, 11) is -3.62. The third-order valence-corrected chi connectivity index (χ3v) is 9.63. The van der Waals surface area contributed by atoms with Crippen molar-refractivity contribution >= 4 is 32.8 Å². The number of nitrogens with zero attached hydrogens (tertiary/aromatic N) is 3. The van der Waals surface area contributed by atoms with Crippen LogP contribution in [0, 0.1) is 17.6 Å². The van der Waals surface area contributed by atoms with Crippen molar-refractivity contribution in [2.24, 2.45) is 5.92 Å². The molecule has 0 aliphatic carbocycles. The van der Waals surface area contributed by atoms with Crippen LogP contribution in [0.5, 0.6) is 0 Å². The van der Waals surface area contributed by atoms with Crippen LogP contribution >= 0.6 is 11.8 Å². The van der Waals surface area contributed by atoms with Gasteiger partial charge in [0.2, 0.25) is 10.0 Å². The number of piperidine rings is 1. The SMILES string of the molecule is CC1CCCN(S(=O)(=O)c2ccc3c(c2)nc(SCc2cccc(F)c2F)n3CC2CCCO2)C1. The number of ether oxygens (including phenoxy) is 1. The van der Waals surface area contributed by atoms with Crippen LogP contribution in [0.1, 0.15) is 38.2 Å². The summed E-state index contributed by atoms with van der Waals surface area (Å²) in [5, 5.41) is 0.625. The summed E-state index contributed by atoms with van der Waals surface area (Å²) in [5.74, 6) is -1.20. The highest BCUT2D eigenvalue weighted by Gasteiger charge is 2.29. The van der Waals surface area contributed by atoms with Crippen molar-refractivity contribution in [1.82, 2.24) is 13.9 Å². The predicted molar refractivity (Wildman–Crippen MR) is 132 cm³/mol. The lowest BCUT2D eigenvalue weighted by Gasteiger charge is -2.30. The normalized spacial score (nSPS) is 21.7. The van der Waals surface area contributed by atoms with Gasteiger partial charge in [-0.2, -0.15) is 4.31 Å². The molecule has 2 aliphatic rings. The number of halogens is 2. The van der Waals surface area contributed by atoms with E-state index in [1.165, 1.54) is 17.8 Å². The molecule has 0 radical (unpaired) electrons. The molecule has 3 heterocycles. The Hall–Kier alpha value is -2.01. The van der Waals surface area contributed by atoms with Gasteiger partial charge in [-0.3, -0.25) is 0 Å². The van der Waals surface area contributed by atoms with Crippen LogP contribution in [0.25, 0.3) is 11.0 Å². The summed E-state index contributed by atoms with van der Waals surface area (Å²) in [4.78, 5) is 4.96. The lowest BCUT2D eigenvalue weighted by Crippen LogP contribution is -2.39. The minimum atomic E-state index is -3.62. The first-order chi connectivity index (χ1) is 16.8. The number of rotatable bonds is 7. The summed E-state index contributed by atoms with van der Waals surface area (Å²) in [6.45, 7) is 4.40. The molecule has 10 heteroatoms. The summed E-state index contributed by atoms with van der Waals surface area (Å²) < 4.78 is 63.9. The van der Waals surface area contributed by atoms with Gasteiger partial charge in [0, 0.05) is 31.0 Å². The zero-order valence-corrected chi connectivity index (χ0v) is 21.3. The van der Waals surface area contributed by atoms with Gasteiger partial charge in [0.1, 0.15) is 0 Å². The molecule has 0 amide bonds. The molecule has 3 aromatic rings. The molecule has 0 bridgehead atoms. The first-order valence-electron chi connectivity index (χ1n) is 12.0. The second-order valence-electron chi connectivity index (χ2n) is 9.40. The highest BCUT2D eigenvalue weighted by atomic mass is 32.2. The van der Waals surface area contributed by atoms with E-state index in [2.05, 4.69) is 6.92 Å². The fraction of sp³-hybridized carbons (Fsp3) is 0.480. The minimum Gasteiger partial charge on any atom is -0.376 e. The van der Waals surface area contributed by atoms with Gasteiger partial charge in [0.25, 0.3) is 0 Å². The van der Waals surface area contributed by atoms with Crippen LogP contribution in [-0.4, -0.2) is 48.1 Å². The predicted octanol–water partition coefficient (Wildman–Crippen LogP) is 5.21. The zero-order valence-electron chi connectivity index (χ0n) is 19.6. The standard InChI is InChI=1S/C25H29F2N3O3S2/c1-17-5-3-11-29(14-17)35(31,32)20-9-10-23-22(13-20)28-25(30(23)15-19-7-4-12-33-19)34-16-18-6-2-8-21(26)24(18)27/h2,6,8-10,13,17,19H,3-5,7,11-12,14-16H2,1H3. The fourth-order valence-electron chi connectivity index (χ4n) is 4.84. The van der Waals surface area contributed by atoms with E-state index in [4.69, 9.17) is 9.72 Å². The van der Waals surface area contributed by atoms with Crippen LogP contribution < -0.4 is 0 Å². The fourth-order valence-corrected chi connectivity index (χ4v) is 7.46. The van der Waals surface area contributed by atoms with Crippen molar-refractivity contribution in [3.63, 3.8) is 0 Å². The lowest BCUT2D eigenvalue weighted by molar-refractivity contribution is 0.0960. The maximum atomic E-state index is 14.2. The molecule has 0 spiro atoms. The molecule has 35 heavy (non-hydrogen) atoms. The molecule has 2 aromatic carbocycles. The van der Waals surface area contributed by atoms with Gasteiger partial charge in [-0.05, 0) is 55.9 Å². The van der Waals surface area contributed by atoms with Gasteiger partial charge in [-0.15, -0.1) is 0 Å². The molecular weight excluding hydrogens is 492 g/mol.